The Morgan fingerprint density at radius 2 is 1.97 bits per heavy atom. The first-order chi connectivity index (χ1) is 15.1. The van der Waals surface area contributed by atoms with E-state index < -0.39 is 0 Å². The Bertz CT molecular complexity index is 1220. The number of hydrogen-bond acceptors (Lipinski definition) is 8. The third kappa shape index (κ3) is 4.08. The summed E-state index contributed by atoms with van der Waals surface area (Å²) in [5.41, 5.74) is 2.95. The monoisotopic (exact) mass is 431 g/mol. The standard InChI is InChI=1S/C23H25N7S/c1-15-6-5-9-24-22(15)23-26-17-12-20(25-13-18(17)31-23)27-19-7-4-8-21(28-19)30-11-10-29(3)16(2)14-30/h4-9,12-13,16H,10-11,14H2,1-3H3,(H,25,27,28). The van der Waals surface area contributed by atoms with E-state index in [1.165, 1.54) is 0 Å². The molecule has 1 saturated heterocycles. The van der Waals surface area contributed by atoms with E-state index in [-0.39, 0.29) is 0 Å². The molecule has 1 aliphatic heterocycles. The van der Waals surface area contributed by atoms with E-state index in [1.54, 1.807) is 17.5 Å². The number of fused-ring (bicyclic) bond motifs is 1. The van der Waals surface area contributed by atoms with Crippen LogP contribution in [0.2, 0.25) is 0 Å². The molecule has 4 aromatic rings. The summed E-state index contributed by atoms with van der Waals surface area (Å²) in [5.74, 6) is 2.51. The molecule has 31 heavy (non-hydrogen) atoms. The van der Waals surface area contributed by atoms with Crippen molar-refractivity contribution in [1.29, 1.82) is 0 Å². The maximum atomic E-state index is 4.82. The van der Waals surface area contributed by atoms with E-state index in [0.717, 1.165) is 63.6 Å². The number of anilines is 3. The number of nitrogens with zero attached hydrogens (tertiary/aromatic N) is 6. The molecule has 0 saturated carbocycles. The van der Waals surface area contributed by atoms with Crippen molar-refractivity contribution < 1.29 is 0 Å². The average molecular weight is 432 g/mol. The summed E-state index contributed by atoms with van der Waals surface area (Å²) < 4.78 is 1.04. The molecule has 0 radical (unpaired) electrons. The molecule has 7 nitrogen and oxygen atoms in total. The molecule has 5 heterocycles. The Morgan fingerprint density at radius 3 is 2.81 bits per heavy atom. The molecule has 5 rings (SSSR count). The zero-order valence-corrected chi connectivity index (χ0v) is 18.7. The van der Waals surface area contributed by atoms with E-state index in [0.29, 0.717) is 6.04 Å². The minimum absolute atomic E-state index is 0.512. The molecular formula is C23H25N7S. The number of piperazine rings is 1. The van der Waals surface area contributed by atoms with Crippen LogP contribution in [0.1, 0.15) is 12.5 Å². The van der Waals surface area contributed by atoms with Crippen LogP contribution in [-0.2, 0) is 0 Å². The van der Waals surface area contributed by atoms with Gasteiger partial charge in [-0.25, -0.2) is 15.0 Å². The van der Waals surface area contributed by atoms with Crippen LogP contribution in [0.3, 0.4) is 0 Å². The molecule has 1 atom stereocenters. The van der Waals surface area contributed by atoms with Crippen molar-refractivity contribution >= 4 is 39.0 Å². The molecule has 1 N–H and O–H groups in total. The minimum Gasteiger partial charge on any atom is -0.354 e. The van der Waals surface area contributed by atoms with Gasteiger partial charge in [0.1, 0.15) is 28.2 Å². The zero-order chi connectivity index (χ0) is 21.4. The second-order valence-corrected chi connectivity index (χ2v) is 9.04. The molecule has 1 fully saturated rings. The smallest absolute Gasteiger partial charge is 0.143 e. The van der Waals surface area contributed by atoms with Crippen LogP contribution >= 0.6 is 11.3 Å². The highest BCUT2D eigenvalue weighted by Gasteiger charge is 2.21. The van der Waals surface area contributed by atoms with Gasteiger partial charge in [0.2, 0.25) is 0 Å². The van der Waals surface area contributed by atoms with Crippen LogP contribution in [0, 0.1) is 6.92 Å². The first-order valence-corrected chi connectivity index (χ1v) is 11.3. The molecular weight excluding hydrogens is 406 g/mol. The first-order valence-electron chi connectivity index (χ1n) is 10.4. The van der Waals surface area contributed by atoms with Gasteiger partial charge in [-0.3, -0.25) is 4.98 Å². The summed E-state index contributed by atoms with van der Waals surface area (Å²) in [7, 11) is 2.17. The third-order valence-corrected chi connectivity index (χ3v) is 6.77. The Balaban J connectivity index is 1.38. The van der Waals surface area contributed by atoms with Crippen molar-refractivity contribution in [2.24, 2.45) is 0 Å². The van der Waals surface area contributed by atoms with Gasteiger partial charge in [0.15, 0.2) is 0 Å². The number of pyridine rings is 3. The number of rotatable bonds is 4. The van der Waals surface area contributed by atoms with Gasteiger partial charge in [0.25, 0.3) is 0 Å². The summed E-state index contributed by atoms with van der Waals surface area (Å²) in [4.78, 5) is 23.4. The highest BCUT2D eigenvalue weighted by molar-refractivity contribution is 7.21. The number of thiazole rings is 1. The topological polar surface area (TPSA) is 70.1 Å². The van der Waals surface area contributed by atoms with Crippen LogP contribution in [0.25, 0.3) is 20.9 Å². The number of aryl methyl sites for hydroxylation is 1. The summed E-state index contributed by atoms with van der Waals surface area (Å²) in [6.45, 7) is 7.31. The highest BCUT2D eigenvalue weighted by atomic mass is 32.1. The Morgan fingerprint density at radius 1 is 1.06 bits per heavy atom. The van der Waals surface area contributed by atoms with Gasteiger partial charge < -0.3 is 15.1 Å². The SMILES string of the molecule is Cc1cccnc1-c1nc2cc(Nc3cccc(N4CCN(C)C(C)C4)n3)ncc2s1. The van der Waals surface area contributed by atoms with Gasteiger partial charge in [0, 0.05) is 44.1 Å². The number of nitrogens with one attached hydrogen (secondary N) is 1. The minimum atomic E-state index is 0.512. The fraction of sp³-hybridized carbons (Fsp3) is 0.304. The Kier molecular flexibility index (Phi) is 5.25. The summed E-state index contributed by atoms with van der Waals surface area (Å²) in [6.07, 6.45) is 3.67. The molecule has 8 heteroatoms. The van der Waals surface area contributed by atoms with Gasteiger partial charge in [-0.05, 0) is 44.7 Å². The van der Waals surface area contributed by atoms with Crippen LogP contribution in [-0.4, -0.2) is 57.6 Å². The van der Waals surface area contributed by atoms with Crippen LogP contribution in [0.5, 0.6) is 0 Å². The van der Waals surface area contributed by atoms with Crippen molar-refractivity contribution in [2.45, 2.75) is 19.9 Å². The quantitative estimate of drug-likeness (QED) is 0.515. The largest absolute Gasteiger partial charge is 0.354 e. The van der Waals surface area contributed by atoms with Crippen molar-refractivity contribution in [2.75, 3.05) is 36.9 Å². The van der Waals surface area contributed by atoms with Crippen molar-refractivity contribution in [3.8, 4) is 10.7 Å². The average Bonchev–Trinajstić information content (AvgIpc) is 3.19. The Hall–Kier alpha value is -3.10. The fourth-order valence-electron chi connectivity index (χ4n) is 3.77. The number of hydrogen-bond donors (Lipinski definition) is 1. The highest BCUT2D eigenvalue weighted by Crippen LogP contribution is 2.31. The van der Waals surface area contributed by atoms with E-state index in [2.05, 4.69) is 58.1 Å². The lowest BCUT2D eigenvalue weighted by atomic mass is 10.2. The predicted octanol–water partition coefficient (Wildman–Crippen LogP) is 4.34. The normalized spacial score (nSPS) is 17.3. The molecule has 4 aromatic heterocycles. The second kappa shape index (κ2) is 8.20. The van der Waals surface area contributed by atoms with E-state index in [9.17, 15) is 0 Å². The molecule has 1 unspecified atom stereocenters. The summed E-state index contributed by atoms with van der Waals surface area (Å²) in [5, 5.41) is 4.26. The van der Waals surface area contributed by atoms with Crippen LogP contribution < -0.4 is 10.2 Å². The lowest BCUT2D eigenvalue weighted by Gasteiger charge is -2.38. The van der Waals surface area contributed by atoms with Crippen LogP contribution in [0.15, 0.2) is 48.8 Å². The van der Waals surface area contributed by atoms with Crippen molar-refractivity contribution in [3.05, 3.63) is 54.4 Å². The van der Waals surface area contributed by atoms with Gasteiger partial charge in [-0.15, -0.1) is 11.3 Å². The van der Waals surface area contributed by atoms with E-state index >= 15 is 0 Å². The van der Waals surface area contributed by atoms with Gasteiger partial charge in [-0.2, -0.15) is 0 Å². The van der Waals surface area contributed by atoms with Gasteiger partial charge >= 0.3 is 0 Å². The maximum Gasteiger partial charge on any atom is 0.143 e. The van der Waals surface area contributed by atoms with E-state index in [1.807, 2.05) is 30.5 Å². The van der Waals surface area contributed by atoms with E-state index in [4.69, 9.17) is 9.97 Å². The predicted molar refractivity (Wildman–Crippen MR) is 127 cm³/mol. The third-order valence-electron chi connectivity index (χ3n) is 5.76. The second-order valence-electron chi connectivity index (χ2n) is 8.01. The van der Waals surface area contributed by atoms with Crippen molar-refractivity contribution in [1.82, 2.24) is 24.8 Å². The molecule has 0 amide bonds. The lowest BCUT2D eigenvalue weighted by Crippen LogP contribution is -2.50. The number of aromatic nitrogens is 4. The van der Waals surface area contributed by atoms with Gasteiger partial charge in [-0.1, -0.05) is 12.1 Å². The maximum absolute atomic E-state index is 4.82. The fourth-order valence-corrected chi connectivity index (χ4v) is 4.75. The molecule has 0 aliphatic carbocycles. The molecule has 158 valence electrons. The van der Waals surface area contributed by atoms with Crippen molar-refractivity contribution in [3.63, 3.8) is 0 Å². The zero-order valence-electron chi connectivity index (χ0n) is 17.9. The van der Waals surface area contributed by atoms with Crippen LogP contribution in [0.4, 0.5) is 17.5 Å². The van der Waals surface area contributed by atoms with Gasteiger partial charge in [0.05, 0.1) is 10.2 Å². The number of likely N-dealkylation sites (N-methyl/N-ethyl adjacent to an activating group) is 1. The molecule has 0 spiro atoms. The first kappa shape index (κ1) is 19.8. The summed E-state index contributed by atoms with van der Waals surface area (Å²) in [6, 6.07) is 12.6. The summed E-state index contributed by atoms with van der Waals surface area (Å²) >= 11 is 1.61. The Labute approximate surface area is 185 Å². The molecule has 1 aliphatic rings. The molecule has 0 bridgehead atoms. The lowest BCUT2D eigenvalue weighted by molar-refractivity contribution is 0.233. The molecule has 0 aromatic carbocycles.